The highest BCUT2D eigenvalue weighted by Gasteiger charge is 2.23. The van der Waals surface area contributed by atoms with E-state index in [1.807, 2.05) is 0 Å². The van der Waals surface area contributed by atoms with Gasteiger partial charge < -0.3 is 14.4 Å². The quantitative estimate of drug-likeness (QED) is 0.615. The summed E-state index contributed by atoms with van der Waals surface area (Å²) in [6.07, 6.45) is 1.90. The van der Waals surface area contributed by atoms with E-state index in [4.69, 9.17) is 21.1 Å². The van der Waals surface area contributed by atoms with Crippen molar-refractivity contribution in [2.24, 2.45) is 0 Å². The minimum atomic E-state index is 0.301. The van der Waals surface area contributed by atoms with E-state index in [2.05, 4.69) is 40.0 Å². The number of methoxy groups -OCH3 is 2. The molecule has 0 atom stereocenters. The first kappa shape index (κ1) is 17.4. The molecule has 0 saturated heterocycles. The topological polar surface area (TPSA) is 47.5 Å². The van der Waals surface area contributed by atoms with Gasteiger partial charge in [0, 0.05) is 18.0 Å². The Morgan fingerprint density at radius 1 is 1.12 bits per heavy atom. The van der Waals surface area contributed by atoms with Gasteiger partial charge in [-0.2, -0.15) is 4.98 Å². The van der Waals surface area contributed by atoms with Crippen LogP contribution in [0.25, 0.3) is 10.2 Å². The third-order valence-electron chi connectivity index (χ3n) is 4.76. The Bertz CT molecular complexity index is 973. The van der Waals surface area contributed by atoms with Gasteiger partial charge in [-0.1, -0.05) is 6.92 Å². The number of thiophene rings is 1. The molecule has 3 heterocycles. The summed E-state index contributed by atoms with van der Waals surface area (Å²) in [5, 5.41) is 1.38. The summed E-state index contributed by atoms with van der Waals surface area (Å²) in [5.41, 5.74) is 2.51. The Kier molecular flexibility index (Phi) is 4.63. The number of hydrogen-bond acceptors (Lipinski definition) is 6. The standard InChI is InChI=1S/C19H20ClN3O2S/c1-4-13-9-14-17(21-19(20)22-18(14)26-13)23-6-5-11-7-15(24-2)16(25-3)8-12(11)10-23/h7-9H,4-6,10H2,1-3H3. The smallest absolute Gasteiger partial charge is 0.225 e. The average Bonchev–Trinajstić information content (AvgIpc) is 3.08. The molecular formula is C19H20ClN3O2S. The second-order valence-corrected chi connectivity index (χ2v) is 7.70. The van der Waals surface area contributed by atoms with E-state index in [0.29, 0.717) is 5.28 Å². The summed E-state index contributed by atoms with van der Waals surface area (Å²) in [6, 6.07) is 6.33. The molecule has 0 fully saturated rings. The summed E-state index contributed by atoms with van der Waals surface area (Å²) >= 11 is 7.89. The van der Waals surface area contributed by atoms with Crippen LogP contribution in [-0.2, 0) is 19.4 Å². The molecule has 7 heteroatoms. The van der Waals surface area contributed by atoms with Crippen LogP contribution in [0.4, 0.5) is 5.82 Å². The van der Waals surface area contributed by atoms with Gasteiger partial charge in [-0.15, -0.1) is 11.3 Å². The van der Waals surface area contributed by atoms with Crippen LogP contribution < -0.4 is 14.4 Å². The predicted molar refractivity (Wildman–Crippen MR) is 106 cm³/mol. The van der Waals surface area contributed by atoms with Crippen molar-refractivity contribution in [3.8, 4) is 11.5 Å². The molecule has 0 radical (unpaired) electrons. The van der Waals surface area contributed by atoms with E-state index in [0.717, 1.165) is 53.5 Å². The Balaban J connectivity index is 1.75. The number of anilines is 1. The second kappa shape index (κ2) is 6.93. The Hall–Kier alpha value is -2.05. The van der Waals surface area contributed by atoms with Crippen molar-refractivity contribution in [1.82, 2.24) is 9.97 Å². The minimum Gasteiger partial charge on any atom is -0.493 e. The van der Waals surface area contributed by atoms with Crippen molar-refractivity contribution in [1.29, 1.82) is 0 Å². The van der Waals surface area contributed by atoms with Gasteiger partial charge in [0.2, 0.25) is 5.28 Å². The largest absolute Gasteiger partial charge is 0.493 e. The van der Waals surface area contributed by atoms with Gasteiger partial charge in [0.05, 0.1) is 19.6 Å². The number of aryl methyl sites for hydroxylation is 1. The maximum Gasteiger partial charge on any atom is 0.225 e. The van der Waals surface area contributed by atoms with E-state index < -0.39 is 0 Å². The first-order valence-electron chi connectivity index (χ1n) is 8.57. The molecule has 26 heavy (non-hydrogen) atoms. The van der Waals surface area contributed by atoms with Crippen molar-refractivity contribution in [2.45, 2.75) is 26.3 Å². The molecule has 1 aliphatic heterocycles. The predicted octanol–water partition coefficient (Wildman–Crippen LogP) is 4.49. The molecule has 0 N–H and O–H groups in total. The van der Waals surface area contributed by atoms with E-state index in [1.54, 1.807) is 25.6 Å². The lowest BCUT2D eigenvalue weighted by Gasteiger charge is -2.30. The van der Waals surface area contributed by atoms with Gasteiger partial charge in [0.1, 0.15) is 10.6 Å². The zero-order valence-electron chi connectivity index (χ0n) is 15.0. The molecule has 1 aromatic carbocycles. The number of halogens is 1. The monoisotopic (exact) mass is 389 g/mol. The first-order valence-corrected chi connectivity index (χ1v) is 9.77. The van der Waals surface area contributed by atoms with E-state index in [9.17, 15) is 0 Å². The molecular weight excluding hydrogens is 370 g/mol. The molecule has 2 aromatic heterocycles. The SMILES string of the molecule is CCc1cc2c(N3CCc4cc(OC)c(OC)cc4C3)nc(Cl)nc2s1. The van der Waals surface area contributed by atoms with Crippen LogP contribution in [0, 0.1) is 0 Å². The molecule has 3 aromatic rings. The number of benzene rings is 1. The fourth-order valence-corrected chi connectivity index (χ4v) is 4.59. The normalized spacial score (nSPS) is 13.8. The zero-order valence-corrected chi connectivity index (χ0v) is 16.6. The lowest BCUT2D eigenvalue weighted by molar-refractivity contribution is 0.353. The third kappa shape index (κ3) is 2.97. The molecule has 0 spiro atoms. The van der Waals surface area contributed by atoms with Crippen LogP contribution in [-0.4, -0.2) is 30.7 Å². The zero-order chi connectivity index (χ0) is 18.3. The van der Waals surface area contributed by atoms with Gasteiger partial charge in [-0.05, 0) is 53.8 Å². The number of fused-ring (bicyclic) bond motifs is 2. The van der Waals surface area contributed by atoms with Crippen molar-refractivity contribution < 1.29 is 9.47 Å². The van der Waals surface area contributed by atoms with Gasteiger partial charge in [0.25, 0.3) is 0 Å². The number of rotatable bonds is 4. The van der Waals surface area contributed by atoms with Gasteiger partial charge >= 0.3 is 0 Å². The summed E-state index contributed by atoms with van der Waals surface area (Å²) < 4.78 is 10.9. The lowest BCUT2D eigenvalue weighted by atomic mass is 9.98. The van der Waals surface area contributed by atoms with Crippen LogP contribution in [0.15, 0.2) is 18.2 Å². The van der Waals surface area contributed by atoms with Crippen molar-refractivity contribution in [3.63, 3.8) is 0 Å². The molecule has 4 rings (SSSR count). The fourth-order valence-electron chi connectivity index (χ4n) is 3.41. The average molecular weight is 390 g/mol. The third-order valence-corrected chi connectivity index (χ3v) is 6.10. The Morgan fingerprint density at radius 3 is 2.54 bits per heavy atom. The summed E-state index contributed by atoms with van der Waals surface area (Å²) in [5.74, 6) is 2.44. The molecule has 0 amide bonds. The molecule has 1 aliphatic rings. The van der Waals surface area contributed by atoms with E-state index in [-0.39, 0.29) is 0 Å². The van der Waals surface area contributed by atoms with Crippen LogP contribution in [0.3, 0.4) is 0 Å². The maximum absolute atomic E-state index is 6.20. The van der Waals surface area contributed by atoms with Crippen LogP contribution in [0.1, 0.15) is 22.9 Å². The molecule has 136 valence electrons. The Morgan fingerprint density at radius 2 is 1.85 bits per heavy atom. The molecule has 0 saturated carbocycles. The van der Waals surface area contributed by atoms with E-state index in [1.165, 1.54) is 16.0 Å². The van der Waals surface area contributed by atoms with Gasteiger partial charge in [0.15, 0.2) is 11.5 Å². The highest BCUT2D eigenvalue weighted by atomic mass is 35.5. The summed E-state index contributed by atoms with van der Waals surface area (Å²) in [6.45, 7) is 3.79. The second-order valence-electron chi connectivity index (χ2n) is 6.25. The van der Waals surface area contributed by atoms with Gasteiger partial charge in [-0.3, -0.25) is 0 Å². The molecule has 0 bridgehead atoms. The molecule has 5 nitrogen and oxygen atoms in total. The number of hydrogen-bond donors (Lipinski definition) is 0. The lowest BCUT2D eigenvalue weighted by Crippen LogP contribution is -2.31. The molecule has 0 aliphatic carbocycles. The summed E-state index contributed by atoms with van der Waals surface area (Å²) in [4.78, 5) is 13.5. The van der Waals surface area contributed by atoms with Crippen molar-refractivity contribution in [2.75, 3.05) is 25.7 Å². The summed E-state index contributed by atoms with van der Waals surface area (Å²) in [7, 11) is 3.33. The first-order chi connectivity index (χ1) is 12.6. The highest BCUT2D eigenvalue weighted by molar-refractivity contribution is 7.18. The number of aromatic nitrogens is 2. The van der Waals surface area contributed by atoms with Crippen LogP contribution in [0.5, 0.6) is 11.5 Å². The van der Waals surface area contributed by atoms with Crippen LogP contribution in [0.2, 0.25) is 5.28 Å². The Labute approximate surface area is 161 Å². The number of nitrogens with zero attached hydrogens (tertiary/aromatic N) is 3. The number of ether oxygens (including phenoxy) is 2. The maximum atomic E-state index is 6.20. The van der Waals surface area contributed by atoms with Crippen LogP contribution >= 0.6 is 22.9 Å². The van der Waals surface area contributed by atoms with Crippen molar-refractivity contribution >= 4 is 39.0 Å². The van der Waals surface area contributed by atoms with Crippen molar-refractivity contribution in [3.05, 3.63) is 39.5 Å². The highest BCUT2D eigenvalue weighted by Crippen LogP contribution is 2.37. The van der Waals surface area contributed by atoms with Gasteiger partial charge in [-0.25, -0.2) is 4.98 Å². The van der Waals surface area contributed by atoms with E-state index >= 15 is 0 Å². The molecule has 0 unspecified atom stereocenters. The minimum absolute atomic E-state index is 0.301. The fraction of sp³-hybridized carbons (Fsp3) is 0.368.